The van der Waals surface area contributed by atoms with Gasteiger partial charge in [-0.25, -0.2) is 0 Å². The van der Waals surface area contributed by atoms with Crippen molar-refractivity contribution in [1.82, 2.24) is 4.90 Å². The number of nitrogens with zero attached hydrogens (tertiary/aromatic N) is 1. The van der Waals surface area contributed by atoms with Crippen LogP contribution in [-0.2, 0) is 4.74 Å². The van der Waals surface area contributed by atoms with E-state index in [1.54, 1.807) is 11.8 Å². The molecule has 0 unspecified atom stereocenters. The second-order valence-corrected chi connectivity index (χ2v) is 5.98. The molecular formula is C15H20ClNO2S. The van der Waals surface area contributed by atoms with Crippen molar-refractivity contribution < 1.29 is 9.53 Å². The van der Waals surface area contributed by atoms with Gasteiger partial charge in [0.25, 0.3) is 5.91 Å². The third-order valence-electron chi connectivity index (χ3n) is 3.50. The van der Waals surface area contributed by atoms with Gasteiger partial charge in [-0.2, -0.15) is 0 Å². The Balaban J connectivity index is 1.94. The van der Waals surface area contributed by atoms with Gasteiger partial charge in [-0.1, -0.05) is 12.1 Å². The number of benzene rings is 1. The lowest BCUT2D eigenvalue weighted by atomic mass is 10.1. The fraction of sp³-hybridized carbons (Fsp3) is 0.533. The van der Waals surface area contributed by atoms with Crippen LogP contribution < -0.4 is 0 Å². The van der Waals surface area contributed by atoms with E-state index in [4.69, 9.17) is 16.3 Å². The fourth-order valence-corrected chi connectivity index (χ4v) is 3.11. The minimum atomic E-state index is 0.130. The van der Waals surface area contributed by atoms with Gasteiger partial charge in [-0.3, -0.25) is 4.79 Å². The molecule has 1 aliphatic rings. The third-order valence-corrected chi connectivity index (χ3v) is 4.45. The smallest absolute Gasteiger partial charge is 0.254 e. The molecule has 1 fully saturated rings. The largest absolute Gasteiger partial charge is 0.377 e. The van der Waals surface area contributed by atoms with Gasteiger partial charge in [0.2, 0.25) is 0 Å². The van der Waals surface area contributed by atoms with Gasteiger partial charge in [0.15, 0.2) is 0 Å². The Morgan fingerprint density at radius 2 is 2.10 bits per heavy atom. The topological polar surface area (TPSA) is 29.5 Å². The Labute approximate surface area is 129 Å². The van der Waals surface area contributed by atoms with Crippen molar-refractivity contribution >= 4 is 29.3 Å². The highest BCUT2D eigenvalue weighted by molar-refractivity contribution is 7.98. The number of rotatable bonds is 5. The first-order valence-corrected chi connectivity index (χ1v) is 8.62. The average molecular weight is 314 g/mol. The van der Waals surface area contributed by atoms with Crippen LogP contribution in [0.2, 0.25) is 0 Å². The Kier molecular flexibility index (Phi) is 6.20. The monoisotopic (exact) mass is 313 g/mol. The number of likely N-dealkylation sites (tertiary alicyclic amines) is 1. The second-order valence-electron chi connectivity index (χ2n) is 4.75. The molecule has 20 heavy (non-hydrogen) atoms. The van der Waals surface area contributed by atoms with Crippen LogP contribution in [0.3, 0.4) is 0 Å². The summed E-state index contributed by atoms with van der Waals surface area (Å²) in [6.07, 6.45) is 4.03. The van der Waals surface area contributed by atoms with E-state index in [0.717, 1.165) is 36.4 Å². The van der Waals surface area contributed by atoms with Crippen LogP contribution in [0.4, 0.5) is 0 Å². The van der Waals surface area contributed by atoms with Gasteiger partial charge in [0, 0.05) is 23.9 Å². The van der Waals surface area contributed by atoms with E-state index in [2.05, 4.69) is 0 Å². The van der Waals surface area contributed by atoms with E-state index >= 15 is 0 Å². The van der Waals surface area contributed by atoms with E-state index in [0.29, 0.717) is 12.5 Å². The average Bonchev–Trinajstić information content (AvgIpc) is 2.52. The van der Waals surface area contributed by atoms with Crippen molar-refractivity contribution in [2.24, 2.45) is 0 Å². The minimum absolute atomic E-state index is 0.130. The molecule has 5 heteroatoms. The summed E-state index contributed by atoms with van der Waals surface area (Å²) >= 11 is 7.23. The minimum Gasteiger partial charge on any atom is -0.377 e. The number of alkyl halides is 1. The molecule has 1 saturated heterocycles. The maximum atomic E-state index is 12.6. The van der Waals surface area contributed by atoms with Gasteiger partial charge in [-0.05, 0) is 31.2 Å². The van der Waals surface area contributed by atoms with Crippen LogP contribution >= 0.6 is 23.4 Å². The summed E-state index contributed by atoms with van der Waals surface area (Å²) in [5.74, 6) is 0.658. The van der Waals surface area contributed by atoms with Crippen LogP contribution in [0.5, 0.6) is 0 Å². The summed E-state index contributed by atoms with van der Waals surface area (Å²) in [7, 11) is 0. The summed E-state index contributed by atoms with van der Waals surface area (Å²) in [6, 6.07) is 7.79. The van der Waals surface area contributed by atoms with Crippen LogP contribution in [-0.4, -0.2) is 48.7 Å². The lowest BCUT2D eigenvalue weighted by molar-refractivity contribution is 0.0153. The molecule has 0 saturated carbocycles. The highest BCUT2D eigenvalue weighted by Crippen LogP contribution is 2.23. The number of halogens is 1. The quantitative estimate of drug-likeness (QED) is 0.617. The van der Waals surface area contributed by atoms with Crippen molar-refractivity contribution in [2.45, 2.75) is 23.8 Å². The van der Waals surface area contributed by atoms with E-state index in [-0.39, 0.29) is 12.0 Å². The van der Waals surface area contributed by atoms with Gasteiger partial charge >= 0.3 is 0 Å². The van der Waals surface area contributed by atoms with Crippen molar-refractivity contribution in [1.29, 1.82) is 0 Å². The Morgan fingerprint density at radius 3 is 2.75 bits per heavy atom. The van der Waals surface area contributed by atoms with Crippen LogP contribution in [0, 0.1) is 0 Å². The zero-order valence-electron chi connectivity index (χ0n) is 11.7. The summed E-state index contributed by atoms with van der Waals surface area (Å²) in [5, 5.41) is 0. The molecule has 2 rings (SSSR count). The molecule has 0 aromatic heterocycles. The first-order chi connectivity index (χ1) is 9.76. The predicted molar refractivity (Wildman–Crippen MR) is 83.8 cm³/mol. The van der Waals surface area contributed by atoms with E-state index < -0.39 is 0 Å². The Bertz CT molecular complexity index is 447. The SMILES string of the molecule is CSc1ccccc1C(=O)N1CCC(OCCCl)CC1. The third kappa shape index (κ3) is 3.90. The van der Waals surface area contributed by atoms with E-state index in [1.807, 2.05) is 35.4 Å². The zero-order chi connectivity index (χ0) is 14.4. The van der Waals surface area contributed by atoms with Gasteiger partial charge in [-0.15, -0.1) is 23.4 Å². The van der Waals surface area contributed by atoms with Gasteiger partial charge in [0.05, 0.1) is 18.3 Å². The molecule has 0 N–H and O–H groups in total. The molecule has 0 bridgehead atoms. The number of hydrogen-bond acceptors (Lipinski definition) is 3. The predicted octanol–water partition coefficient (Wildman–Crippen LogP) is 3.27. The maximum absolute atomic E-state index is 12.6. The summed E-state index contributed by atoms with van der Waals surface area (Å²) in [5.41, 5.74) is 0.806. The highest BCUT2D eigenvalue weighted by Gasteiger charge is 2.25. The standard InChI is InChI=1S/C15H20ClNO2S/c1-20-14-5-3-2-4-13(14)15(18)17-9-6-12(7-10-17)19-11-8-16/h2-5,12H,6-11H2,1H3. The molecule has 110 valence electrons. The number of hydrogen-bond donors (Lipinski definition) is 0. The molecule has 1 heterocycles. The Morgan fingerprint density at radius 1 is 1.40 bits per heavy atom. The molecule has 1 aliphatic heterocycles. The maximum Gasteiger partial charge on any atom is 0.254 e. The van der Waals surface area contributed by atoms with Crippen molar-refractivity contribution in [3.63, 3.8) is 0 Å². The van der Waals surface area contributed by atoms with Crippen molar-refractivity contribution in [3.05, 3.63) is 29.8 Å². The number of carbonyl (C=O) groups is 1. The fourth-order valence-electron chi connectivity index (χ4n) is 2.43. The van der Waals surface area contributed by atoms with Gasteiger partial charge < -0.3 is 9.64 Å². The van der Waals surface area contributed by atoms with Crippen molar-refractivity contribution in [2.75, 3.05) is 31.8 Å². The van der Waals surface area contributed by atoms with Crippen LogP contribution in [0.15, 0.2) is 29.2 Å². The first kappa shape index (κ1) is 15.7. The molecule has 1 amide bonds. The summed E-state index contributed by atoms with van der Waals surface area (Å²) < 4.78 is 5.64. The normalized spacial score (nSPS) is 16.4. The molecule has 3 nitrogen and oxygen atoms in total. The molecular weight excluding hydrogens is 294 g/mol. The summed E-state index contributed by atoms with van der Waals surface area (Å²) in [6.45, 7) is 2.11. The Hall–Kier alpha value is -0.710. The molecule has 1 aromatic carbocycles. The number of amides is 1. The second kappa shape index (κ2) is 7.91. The van der Waals surface area contributed by atoms with Crippen molar-refractivity contribution in [3.8, 4) is 0 Å². The lowest BCUT2D eigenvalue weighted by Gasteiger charge is -2.32. The number of ether oxygens (including phenoxy) is 1. The number of carbonyl (C=O) groups excluding carboxylic acids is 1. The molecule has 1 aromatic rings. The summed E-state index contributed by atoms with van der Waals surface area (Å²) in [4.78, 5) is 15.5. The number of piperidine rings is 1. The van der Waals surface area contributed by atoms with Crippen LogP contribution in [0.25, 0.3) is 0 Å². The molecule has 0 radical (unpaired) electrons. The van der Waals surface area contributed by atoms with Crippen LogP contribution in [0.1, 0.15) is 23.2 Å². The van der Waals surface area contributed by atoms with Gasteiger partial charge in [0.1, 0.15) is 0 Å². The van der Waals surface area contributed by atoms with E-state index in [9.17, 15) is 4.79 Å². The zero-order valence-corrected chi connectivity index (χ0v) is 13.3. The molecule has 0 spiro atoms. The lowest BCUT2D eigenvalue weighted by Crippen LogP contribution is -2.41. The molecule has 0 aliphatic carbocycles. The number of thioether (sulfide) groups is 1. The first-order valence-electron chi connectivity index (χ1n) is 6.86. The molecule has 0 atom stereocenters. The van der Waals surface area contributed by atoms with E-state index in [1.165, 1.54) is 0 Å². The highest BCUT2D eigenvalue weighted by atomic mass is 35.5.